The number of rotatable bonds is 5. The summed E-state index contributed by atoms with van der Waals surface area (Å²) in [5, 5.41) is 0.920. The van der Waals surface area contributed by atoms with Gasteiger partial charge in [-0.05, 0) is 48.2 Å². The SMILES string of the molecule is COc1cccc(N(Cc2cc3cccc(C)c3[nH]c2=O)C(=O)c2cccnc2)c1. The lowest BCUT2D eigenvalue weighted by Crippen LogP contribution is -2.33. The average molecular weight is 399 g/mol. The van der Waals surface area contributed by atoms with E-state index in [0.29, 0.717) is 22.6 Å². The molecule has 0 bridgehead atoms. The first-order valence-electron chi connectivity index (χ1n) is 9.54. The Morgan fingerprint density at radius 1 is 1.10 bits per heavy atom. The van der Waals surface area contributed by atoms with Crippen molar-refractivity contribution >= 4 is 22.5 Å². The van der Waals surface area contributed by atoms with Crippen molar-refractivity contribution in [3.63, 3.8) is 0 Å². The Bertz CT molecular complexity index is 1270. The number of methoxy groups -OCH3 is 1. The highest BCUT2D eigenvalue weighted by molar-refractivity contribution is 6.06. The maximum Gasteiger partial charge on any atom is 0.260 e. The third-order valence-corrected chi connectivity index (χ3v) is 5.01. The number of carbonyl (C=O) groups is 1. The second kappa shape index (κ2) is 8.21. The topological polar surface area (TPSA) is 75.3 Å². The molecule has 2 aromatic heterocycles. The lowest BCUT2D eigenvalue weighted by atomic mass is 10.1. The molecule has 0 aliphatic heterocycles. The minimum Gasteiger partial charge on any atom is -0.497 e. The number of amides is 1. The molecule has 0 fully saturated rings. The van der Waals surface area contributed by atoms with E-state index < -0.39 is 0 Å². The number of hydrogen-bond donors (Lipinski definition) is 1. The number of fused-ring (bicyclic) bond motifs is 1. The van der Waals surface area contributed by atoms with Crippen LogP contribution in [0.4, 0.5) is 5.69 Å². The van der Waals surface area contributed by atoms with Crippen LogP contribution in [-0.4, -0.2) is 23.0 Å². The molecule has 2 aromatic carbocycles. The average Bonchev–Trinajstić information content (AvgIpc) is 2.78. The van der Waals surface area contributed by atoms with Crippen LogP contribution < -0.4 is 15.2 Å². The molecule has 4 rings (SSSR count). The summed E-state index contributed by atoms with van der Waals surface area (Å²) in [6.45, 7) is 2.06. The van der Waals surface area contributed by atoms with E-state index in [9.17, 15) is 9.59 Å². The molecule has 0 unspecified atom stereocenters. The van der Waals surface area contributed by atoms with Crippen molar-refractivity contribution in [1.29, 1.82) is 0 Å². The van der Waals surface area contributed by atoms with Gasteiger partial charge in [-0.25, -0.2) is 0 Å². The Morgan fingerprint density at radius 3 is 2.70 bits per heavy atom. The molecule has 6 nitrogen and oxygen atoms in total. The summed E-state index contributed by atoms with van der Waals surface area (Å²) in [6, 6.07) is 18.3. The number of aryl methyl sites for hydroxylation is 1. The van der Waals surface area contributed by atoms with E-state index in [4.69, 9.17) is 4.74 Å². The summed E-state index contributed by atoms with van der Waals surface area (Å²) in [5.41, 5.74) is 3.14. The third kappa shape index (κ3) is 3.80. The van der Waals surface area contributed by atoms with Gasteiger partial charge in [0.15, 0.2) is 0 Å². The zero-order valence-corrected chi connectivity index (χ0v) is 16.8. The summed E-state index contributed by atoms with van der Waals surface area (Å²) in [4.78, 5) is 34.7. The van der Waals surface area contributed by atoms with E-state index in [1.165, 1.54) is 6.20 Å². The maximum atomic E-state index is 13.3. The molecule has 150 valence electrons. The molecule has 30 heavy (non-hydrogen) atoms. The van der Waals surface area contributed by atoms with Crippen LogP contribution in [0.5, 0.6) is 5.75 Å². The van der Waals surface area contributed by atoms with E-state index in [0.717, 1.165) is 16.5 Å². The van der Waals surface area contributed by atoms with Crippen LogP contribution >= 0.6 is 0 Å². The summed E-state index contributed by atoms with van der Waals surface area (Å²) in [6.07, 6.45) is 3.13. The molecule has 0 saturated carbocycles. The van der Waals surface area contributed by atoms with Gasteiger partial charge in [0.2, 0.25) is 0 Å². The van der Waals surface area contributed by atoms with Crippen LogP contribution in [0.2, 0.25) is 0 Å². The molecule has 2 heterocycles. The Hall–Kier alpha value is -3.93. The first kappa shape index (κ1) is 19.4. The van der Waals surface area contributed by atoms with Crippen LogP contribution in [-0.2, 0) is 6.54 Å². The predicted molar refractivity (Wildman–Crippen MR) is 117 cm³/mol. The van der Waals surface area contributed by atoms with Gasteiger partial charge >= 0.3 is 0 Å². The highest BCUT2D eigenvalue weighted by Crippen LogP contribution is 2.25. The molecule has 0 spiro atoms. The molecule has 1 amide bonds. The van der Waals surface area contributed by atoms with Gasteiger partial charge < -0.3 is 14.6 Å². The number of hydrogen-bond acceptors (Lipinski definition) is 4. The number of ether oxygens (including phenoxy) is 1. The largest absolute Gasteiger partial charge is 0.497 e. The lowest BCUT2D eigenvalue weighted by molar-refractivity contribution is 0.0984. The quantitative estimate of drug-likeness (QED) is 0.549. The highest BCUT2D eigenvalue weighted by atomic mass is 16.5. The number of pyridine rings is 2. The lowest BCUT2D eigenvalue weighted by Gasteiger charge is -2.23. The van der Waals surface area contributed by atoms with Gasteiger partial charge in [-0.2, -0.15) is 0 Å². The molecule has 0 saturated heterocycles. The van der Waals surface area contributed by atoms with Crippen molar-refractivity contribution < 1.29 is 9.53 Å². The normalized spacial score (nSPS) is 10.7. The van der Waals surface area contributed by atoms with Gasteiger partial charge in [-0.3, -0.25) is 14.6 Å². The summed E-state index contributed by atoms with van der Waals surface area (Å²) in [7, 11) is 1.57. The number of benzene rings is 2. The molecule has 0 atom stereocenters. The van der Waals surface area contributed by atoms with Gasteiger partial charge in [-0.1, -0.05) is 24.3 Å². The standard InChI is InChI=1S/C24H21N3O3/c1-16-6-3-7-17-12-19(23(28)26-22(16)17)15-27(20-9-4-10-21(13-20)30-2)24(29)18-8-5-11-25-14-18/h3-14H,15H2,1-2H3,(H,26,28). The van der Waals surface area contributed by atoms with Crippen molar-refractivity contribution in [2.24, 2.45) is 0 Å². The smallest absolute Gasteiger partial charge is 0.260 e. The van der Waals surface area contributed by atoms with E-state index in [-0.39, 0.29) is 18.0 Å². The Morgan fingerprint density at radius 2 is 1.93 bits per heavy atom. The van der Waals surface area contributed by atoms with Crippen molar-refractivity contribution in [3.05, 3.63) is 100 Å². The number of anilines is 1. The highest BCUT2D eigenvalue weighted by Gasteiger charge is 2.20. The molecular formula is C24H21N3O3. The van der Waals surface area contributed by atoms with Crippen LogP contribution in [0.25, 0.3) is 10.9 Å². The van der Waals surface area contributed by atoms with Crippen molar-refractivity contribution in [3.8, 4) is 5.75 Å². The summed E-state index contributed by atoms with van der Waals surface area (Å²) < 4.78 is 5.32. The Kier molecular flexibility index (Phi) is 5.30. The zero-order valence-electron chi connectivity index (χ0n) is 16.8. The first-order chi connectivity index (χ1) is 14.6. The molecule has 0 aliphatic carbocycles. The van der Waals surface area contributed by atoms with Crippen molar-refractivity contribution in [2.75, 3.05) is 12.0 Å². The minimum atomic E-state index is -0.250. The van der Waals surface area contributed by atoms with E-state index in [1.807, 2.05) is 49.4 Å². The third-order valence-electron chi connectivity index (χ3n) is 5.01. The number of carbonyl (C=O) groups excluding carboxylic acids is 1. The Balaban J connectivity index is 1.80. The van der Waals surface area contributed by atoms with Crippen LogP contribution in [0, 0.1) is 6.92 Å². The fourth-order valence-corrected chi connectivity index (χ4v) is 3.42. The number of nitrogens with zero attached hydrogens (tertiary/aromatic N) is 2. The van der Waals surface area contributed by atoms with Gasteiger partial charge in [0.05, 0.1) is 24.7 Å². The minimum absolute atomic E-state index is 0.111. The number of para-hydroxylation sites is 1. The van der Waals surface area contributed by atoms with E-state index >= 15 is 0 Å². The molecule has 6 heteroatoms. The molecular weight excluding hydrogens is 378 g/mol. The number of aromatic amines is 1. The number of nitrogens with one attached hydrogen (secondary N) is 1. The van der Waals surface area contributed by atoms with Gasteiger partial charge in [0.25, 0.3) is 11.5 Å². The summed E-state index contributed by atoms with van der Waals surface area (Å²) in [5.74, 6) is 0.375. The van der Waals surface area contributed by atoms with Crippen molar-refractivity contribution in [2.45, 2.75) is 13.5 Å². The van der Waals surface area contributed by atoms with Gasteiger partial charge in [0, 0.05) is 29.7 Å². The summed E-state index contributed by atoms with van der Waals surface area (Å²) >= 11 is 0. The molecule has 4 aromatic rings. The fourth-order valence-electron chi connectivity index (χ4n) is 3.42. The van der Waals surface area contributed by atoms with Gasteiger partial charge in [-0.15, -0.1) is 0 Å². The van der Waals surface area contributed by atoms with Crippen LogP contribution in [0.1, 0.15) is 21.5 Å². The maximum absolute atomic E-state index is 13.3. The molecule has 0 aliphatic rings. The second-order valence-electron chi connectivity index (χ2n) is 7.00. The van der Waals surface area contributed by atoms with E-state index in [1.54, 1.807) is 36.4 Å². The first-order valence-corrected chi connectivity index (χ1v) is 9.54. The van der Waals surface area contributed by atoms with Crippen molar-refractivity contribution in [1.82, 2.24) is 9.97 Å². The van der Waals surface area contributed by atoms with Crippen LogP contribution in [0.15, 0.2) is 77.9 Å². The number of H-pyrrole nitrogens is 1. The Labute approximate surface area is 173 Å². The molecule has 1 N–H and O–H groups in total. The monoisotopic (exact) mass is 399 g/mol. The van der Waals surface area contributed by atoms with Gasteiger partial charge in [0.1, 0.15) is 5.75 Å². The van der Waals surface area contributed by atoms with E-state index in [2.05, 4.69) is 9.97 Å². The number of aromatic nitrogens is 2. The molecule has 0 radical (unpaired) electrons. The zero-order chi connectivity index (χ0) is 21.1. The second-order valence-corrected chi connectivity index (χ2v) is 7.00. The predicted octanol–water partition coefficient (Wildman–Crippen LogP) is 4.09. The fraction of sp³-hybridized carbons (Fsp3) is 0.125. The van der Waals surface area contributed by atoms with Crippen LogP contribution in [0.3, 0.4) is 0 Å².